The van der Waals surface area contributed by atoms with Crippen molar-refractivity contribution in [3.63, 3.8) is 0 Å². The summed E-state index contributed by atoms with van der Waals surface area (Å²) in [5.41, 5.74) is 1.39. The Morgan fingerprint density at radius 2 is 2.24 bits per heavy atom. The van der Waals surface area contributed by atoms with Crippen LogP contribution in [-0.2, 0) is 0 Å². The lowest BCUT2D eigenvalue weighted by atomic mass is 10.0. The molecule has 1 unspecified atom stereocenters. The van der Waals surface area contributed by atoms with Gasteiger partial charge in [-0.2, -0.15) is 4.98 Å². The zero-order valence-electron chi connectivity index (χ0n) is 11.7. The molecule has 0 amide bonds. The van der Waals surface area contributed by atoms with Crippen molar-refractivity contribution < 1.29 is 9.45 Å². The first kappa shape index (κ1) is 13.7. The molecule has 0 bridgehead atoms. The Bertz CT molecular complexity index is 662. The number of nitrogens with one attached hydrogen (secondary N) is 1. The molecule has 1 fully saturated rings. The van der Waals surface area contributed by atoms with E-state index in [1.54, 1.807) is 13.0 Å². The Morgan fingerprint density at radius 3 is 2.95 bits per heavy atom. The molecule has 1 aromatic carbocycles. The van der Waals surface area contributed by atoms with Crippen molar-refractivity contribution in [2.75, 3.05) is 6.54 Å². The fourth-order valence-electron chi connectivity index (χ4n) is 2.56. The van der Waals surface area contributed by atoms with E-state index >= 15 is 0 Å². The summed E-state index contributed by atoms with van der Waals surface area (Å²) >= 11 is 0. The number of piperidine rings is 1. The quantitative estimate of drug-likeness (QED) is 0.689. The van der Waals surface area contributed by atoms with Crippen LogP contribution in [0.4, 0.5) is 5.69 Å². The van der Waals surface area contributed by atoms with Crippen LogP contribution in [0.3, 0.4) is 0 Å². The van der Waals surface area contributed by atoms with Gasteiger partial charge in [-0.1, -0.05) is 11.6 Å². The summed E-state index contributed by atoms with van der Waals surface area (Å²) in [5, 5.41) is 18.3. The first-order valence-electron chi connectivity index (χ1n) is 6.97. The lowest BCUT2D eigenvalue weighted by Gasteiger charge is -2.19. The maximum atomic E-state index is 10.9. The monoisotopic (exact) mass is 288 g/mol. The van der Waals surface area contributed by atoms with Gasteiger partial charge in [0.15, 0.2) is 5.82 Å². The minimum Gasteiger partial charge on any atom is -0.334 e. The van der Waals surface area contributed by atoms with Crippen molar-refractivity contribution in [2.45, 2.75) is 32.2 Å². The first-order valence-corrected chi connectivity index (χ1v) is 6.97. The van der Waals surface area contributed by atoms with Crippen LogP contribution in [0.25, 0.3) is 11.5 Å². The lowest BCUT2D eigenvalue weighted by Crippen LogP contribution is -2.27. The summed E-state index contributed by atoms with van der Waals surface area (Å²) < 4.78 is 5.27. The third kappa shape index (κ3) is 2.92. The van der Waals surface area contributed by atoms with Crippen LogP contribution in [-0.4, -0.2) is 21.6 Å². The lowest BCUT2D eigenvalue weighted by molar-refractivity contribution is -0.384. The summed E-state index contributed by atoms with van der Waals surface area (Å²) in [6.45, 7) is 2.75. The van der Waals surface area contributed by atoms with Gasteiger partial charge in [-0.15, -0.1) is 0 Å². The van der Waals surface area contributed by atoms with Gasteiger partial charge in [-0.25, -0.2) is 0 Å². The van der Waals surface area contributed by atoms with Gasteiger partial charge >= 0.3 is 0 Å². The minimum absolute atomic E-state index is 0.0283. The van der Waals surface area contributed by atoms with Crippen LogP contribution in [0.1, 0.15) is 36.7 Å². The maximum Gasteiger partial charge on any atom is 0.270 e. The number of nitro groups is 1. The molecule has 2 aromatic rings. The highest BCUT2D eigenvalue weighted by molar-refractivity contribution is 5.59. The zero-order valence-corrected chi connectivity index (χ0v) is 11.7. The highest BCUT2D eigenvalue weighted by Crippen LogP contribution is 2.27. The summed E-state index contributed by atoms with van der Waals surface area (Å²) in [7, 11) is 0. The minimum atomic E-state index is -0.420. The molecule has 7 heteroatoms. The van der Waals surface area contributed by atoms with Gasteiger partial charge in [0.1, 0.15) is 0 Å². The molecule has 0 aliphatic carbocycles. The standard InChI is InChI=1S/C14H16N4O3/c1-9-6-10(8-11(7-9)18(19)20)14-16-13(17-21-14)12-4-2-3-5-15-12/h6-8,12,15H,2-5H2,1H3. The second-order valence-corrected chi connectivity index (χ2v) is 5.27. The van der Waals surface area contributed by atoms with Crippen molar-refractivity contribution in [3.05, 3.63) is 39.7 Å². The van der Waals surface area contributed by atoms with E-state index in [9.17, 15) is 10.1 Å². The molecule has 3 rings (SSSR count). The van der Waals surface area contributed by atoms with E-state index in [0.717, 1.165) is 31.4 Å². The molecular formula is C14H16N4O3. The van der Waals surface area contributed by atoms with Gasteiger partial charge in [-0.3, -0.25) is 10.1 Å². The average Bonchev–Trinajstić information content (AvgIpc) is 2.97. The Morgan fingerprint density at radius 1 is 1.38 bits per heavy atom. The molecular weight excluding hydrogens is 272 g/mol. The van der Waals surface area contributed by atoms with Gasteiger partial charge < -0.3 is 9.84 Å². The maximum absolute atomic E-state index is 10.9. The second-order valence-electron chi connectivity index (χ2n) is 5.27. The number of rotatable bonds is 3. The molecule has 0 radical (unpaired) electrons. The average molecular weight is 288 g/mol. The van der Waals surface area contributed by atoms with Gasteiger partial charge in [-0.05, 0) is 37.9 Å². The number of aryl methyl sites for hydroxylation is 1. The van der Waals surface area contributed by atoms with Crippen LogP contribution in [0.15, 0.2) is 22.7 Å². The van der Waals surface area contributed by atoms with E-state index in [-0.39, 0.29) is 11.7 Å². The predicted octanol–water partition coefficient (Wildman–Crippen LogP) is 2.77. The van der Waals surface area contributed by atoms with E-state index in [1.807, 2.05) is 0 Å². The number of benzene rings is 1. The Balaban J connectivity index is 1.90. The van der Waals surface area contributed by atoms with Crippen LogP contribution >= 0.6 is 0 Å². The smallest absolute Gasteiger partial charge is 0.270 e. The number of nitro benzene ring substituents is 1. The van der Waals surface area contributed by atoms with E-state index in [1.165, 1.54) is 12.1 Å². The molecule has 1 N–H and O–H groups in total. The fraction of sp³-hybridized carbons (Fsp3) is 0.429. The topological polar surface area (TPSA) is 94.1 Å². The van der Waals surface area contributed by atoms with E-state index in [0.29, 0.717) is 17.3 Å². The fourth-order valence-corrected chi connectivity index (χ4v) is 2.56. The zero-order chi connectivity index (χ0) is 14.8. The van der Waals surface area contributed by atoms with Gasteiger partial charge in [0.2, 0.25) is 0 Å². The number of hydrogen-bond acceptors (Lipinski definition) is 6. The SMILES string of the molecule is Cc1cc(-c2nc(C3CCCCN3)no2)cc([N+](=O)[O-])c1. The number of hydrogen-bond donors (Lipinski definition) is 1. The first-order chi connectivity index (χ1) is 10.1. The molecule has 1 atom stereocenters. The van der Waals surface area contributed by atoms with Crippen LogP contribution in [0.2, 0.25) is 0 Å². The predicted molar refractivity (Wildman–Crippen MR) is 75.7 cm³/mol. The third-order valence-corrected chi connectivity index (χ3v) is 3.58. The molecule has 1 saturated heterocycles. The van der Waals surface area contributed by atoms with Crippen LogP contribution < -0.4 is 5.32 Å². The Kier molecular flexibility index (Phi) is 3.66. The molecule has 0 saturated carbocycles. The van der Waals surface area contributed by atoms with Crippen molar-refractivity contribution in [1.29, 1.82) is 0 Å². The number of aromatic nitrogens is 2. The molecule has 1 aromatic heterocycles. The summed E-state index contributed by atoms with van der Waals surface area (Å²) in [5.74, 6) is 0.943. The largest absolute Gasteiger partial charge is 0.334 e. The molecule has 7 nitrogen and oxygen atoms in total. The molecule has 110 valence electrons. The van der Waals surface area contributed by atoms with Crippen LogP contribution in [0, 0.1) is 17.0 Å². The van der Waals surface area contributed by atoms with E-state index in [2.05, 4.69) is 15.5 Å². The molecule has 2 heterocycles. The van der Waals surface area contributed by atoms with Gasteiger partial charge in [0.05, 0.1) is 11.0 Å². The van der Waals surface area contributed by atoms with Crippen molar-refractivity contribution in [3.8, 4) is 11.5 Å². The molecule has 0 spiro atoms. The second kappa shape index (κ2) is 5.61. The van der Waals surface area contributed by atoms with E-state index in [4.69, 9.17) is 4.52 Å². The van der Waals surface area contributed by atoms with Crippen molar-refractivity contribution in [2.24, 2.45) is 0 Å². The summed E-state index contributed by atoms with van der Waals surface area (Å²) in [6, 6.07) is 4.89. The van der Waals surface area contributed by atoms with Gasteiger partial charge in [0, 0.05) is 17.7 Å². The summed E-state index contributed by atoms with van der Waals surface area (Å²) in [4.78, 5) is 14.9. The molecule has 1 aliphatic heterocycles. The van der Waals surface area contributed by atoms with E-state index < -0.39 is 4.92 Å². The molecule has 1 aliphatic rings. The Hall–Kier alpha value is -2.28. The highest BCUT2D eigenvalue weighted by atomic mass is 16.6. The third-order valence-electron chi connectivity index (χ3n) is 3.58. The summed E-state index contributed by atoms with van der Waals surface area (Å²) in [6.07, 6.45) is 3.27. The van der Waals surface area contributed by atoms with Gasteiger partial charge in [0.25, 0.3) is 11.6 Å². The number of nitrogens with zero attached hydrogens (tertiary/aromatic N) is 3. The highest BCUT2D eigenvalue weighted by Gasteiger charge is 2.21. The van der Waals surface area contributed by atoms with Crippen LogP contribution in [0.5, 0.6) is 0 Å². The number of non-ortho nitro benzene ring substituents is 1. The Labute approximate surface area is 121 Å². The van der Waals surface area contributed by atoms with Crippen molar-refractivity contribution >= 4 is 5.69 Å². The normalized spacial score (nSPS) is 18.6. The molecule has 21 heavy (non-hydrogen) atoms. The van der Waals surface area contributed by atoms with Crippen molar-refractivity contribution in [1.82, 2.24) is 15.5 Å².